The van der Waals surface area contributed by atoms with E-state index in [-0.39, 0.29) is 11.8 Å². The Morgan fingerprint density at radius 2 is 2.08 bits per heavy atom. The fourth-order valence-electron chi connectivity index (χ4n) is 1.07. The van der Waals surface area contributed by atoms with Crippen LogP contribution in [0.2, 0.25) is 0 Å². The maximum atomic E-state index is 11.2. The summed E-state index contributed by atoms with van der Waals surface area (Å²) in [6, 6.07) is -0.543. The van der Waals surface area contributed by atoms with Crippen LogP contribution in [0.5, 0.6) is 0 Å². The van der Waals surface area contributed by atoms with Gasteiger partial charge in [0.25, 0.3) is 0 Å². The summed E-state index contributed by atoms with van der Waals surface area (Å²) in [5.41, 5.74) is 4.99. The van der Waals surface area contributed by atoms with Gasteiger partial charge < -0.3 is 11.1 Å². The number of hydrogen-bond donors (Lipinski definition) is 2. The van der Waals surface area contributed by atoms with Crippen molar-refractivity contribution in [3.63, 3.8) is 0 Å². The number of carbonyl (C=O) groups excluding carboxylic acids is 2. The van der Waals surface area contributed by atoms with Gasteiger partial charge in [-0.3, -0.25) is 9.59 Å². The Morgan fingerprint density at radius 1 is 1.50 bits per heavy atom. The molecule has 1 rings (SSSR count). The van der Waals surface area contributed by atoms with Gasteiger partial charge in [0.15, 0.2) is 0 Å². The summed E-state index contributed by atoms with van der Waals surface area (Å²) in [6.07, 6.45) is 3.00. The molecule has 0 spiro atoms. The van der Waals surface area contributed by atoms with Crippen molar-refractivity contribution in [2.75, 3.05) is 0 Å². The third-order valence-electron chi connectivity index (χ3n) is 2.26. The average Bonchev–Trinajstić information content (AvgIpc) is 1.82. The van der Waals surface area contributed by atoms with Crippen LogP contribution in [0.4, 0.5) is 0 Å². The Morgan fingerprint density at radius 3 is 2.42 bits per heavy atom. The molecule has 1 aliphatic rings. The molecule has 68 valence electrons. The highest BCUT2D eigenvalue weighted by Crippen LogP contribution is 2.26. The largest absolute Gasteiger partial charge is 0.368 e. The van der Waals surface area contributed by atoms with Gasteiger partial charge >= 0.3 is 0 Å². The minimum Gasteiger partial charge on any atom is -0.368 e. The standard InChI is InChI=1S/C8H14N2O2/c1-5(7(9)11)10-8(12)6-3-2-4-6/h5-6H,2-4H2,1H3,(H2,9,11)(H,10,12). The van der Waals surface area contributed by atoms with Gasteiger partial charge in [0.2, 0.25) is 11.8 Å². The fraction of sp³-hybridized carbons (Fsp3) is 0.750. The van der Waals surface area contributed by atoms with Crippen molar-refractivity contribution in [3.8, 4) is 0 Å². The third kappa shape index (κ3) is 1.96. The van der Waals surface area contributed by atoms with Gasteiger partial charge in [0.1, 0.15) is 6.04 Å². The Labute approximate surface area is 71.5 Å². The predicted octanol–water partition coefficient (Wildman–Crippen LogP) is -0.223. The molecule has 2 amide bonds. The van der Waals surface area contributed by atoms with E-state index in [0.29, 0.717) is 0 Å². The summed E-state index contributed by atoms with van der Waals surface area (Å²) in [5.74, 6) is -0.401. The molecule has 1 atom stereocenters. The lowest BCUT2D eigenvalue weighted by atomic mass is 9.84. The first-order valence-electron chi connectivity index (χ1n) is 4.21. The molecule has 0 aliphatic heterocycles. The summed E-state index contributed by atoms with van der Waals surface area (Å²) in [7, 11) is 0. The van der Waals surface area contributed by atoms with Crippen LogP contribution in [0, 0.1) is 5.92 Å². The Hall–Kier alpha value is -1.06. The summed E-state index contributed by atoms with van der Waals surface area (Å²) in [4.78, 5) is 21.8. The maximum absolute atomic E-state index is 11.2. The van der Waals surface area contributed by atoms with E-state index in [1.54, 1.807) is 6.92 Å². The molecule has 0 aromatic rings. The second-order valence-electron chi connectivity index (χ2n) is 3.26. The van der Waals surface area contributed by atoms with E-state index in [1.807, 2.05) is 0 Å². The van der Waals surface area contributed by atoms with Crippen LogP contribution in [-0.2, 0) is 9.59 Å². The van der Waals surface area contributed by atoms with Gasteiger partial charge in [-0.05, 0) is 19.8 Å². The second kappa shape index (κ2) is 3.56. The molecule has 4 heteroatoms. The molecule has 1 unspecified atom stereocenters. The molecule has 12 heavy (non-hydrogen) atoms. The number of carbonyl (C=O) groups is 2. The third-order valence-corrected chi connectivity index (χ3v) is 2.26. The SMILES string of the molecule is CC(NC(=O)C1CCC1)C(N)=O. The fourth-order valence-corrected chi connectivity index (χ4v) is 1.07. The van der Waals surface area contributed by atoms with Crippen LogP contribution < -0.4 is 11.1 Å². The van der Waals surface area contributed by atoms with E-state index in [1.165, 1.54) is 0 Å². The van der Waals surface area contributed by atoms with Crippen molar-refractivity contribution >= 4 is 11.8 Å². The Balaban J connectivity index is 2.29. The van der Waals surface area contributed by atoms with Crippen LogP contribution in [0.3, 0.4) is 0 Å². The first-order chi connectivity index (χ1) is 5.61. The van der Waals surface area contributed by atoms with E-state index in [9.17, 15) is 9.59 Å². The summed E-state index contributed by atoms with van der Waals surface area (Å²) in [5, 5.41) is 2.57. The van der Waals surface area contributed by atoms with Crippen molar-refractivity contribution in [1.29, 1.82) is 0 Å². The molecule has 0 heterocycles. The number of hydrogen-bond acceptors (Lipinski definition) is 2. The van der Waals surface area contributed by atoms with Crippen LogP contribution in [0.1, 0.15) is 26.2 Å². The summed E-state index contributed by atoms with van der Waals surface area (Å²) < 4.78 is 0. The molecule has 0 aromatic carbocycles. The molecule has 0 bridgehead atoms. The van der Waals surface area contributed by atoms with Crippen molar-refractivity contribution in [1.82, 2.24) is 5.32 Å². The highest BCUT2D eigenvalue weighted by Gasteiger charge is 2.26. The van der Waals surface area contributed by atoms with Crippen LogP contribution in [-0.4, -0.2) is 17.9 Å². The van der Waals surface area contributed by atoms with Crippen molar-refractivity contribution in [2.45, 2.75) is 32.2 Å². The van der Waals surface area contributed by atoms with E-state index < -0.39 is 11.9 Å². The zero-order valence-corrected chi connectivity index (χ0v) is 7.17. The van der Waals surface area contributed by atoms with E-state index in [4.69, 9.17) is 5.73 Å². The van der Waals surface area contributed by atoms with Gasteiger partial charge in [-0.1, -0.05) is 6.42 Å². The molecule has 1 saturated carbocycles. The van der Waals surface area contributed by atoms with Gasteiger partial charge in [-0.25, -0.2) is 0 Å². The highest BCUT2D eigenvalue weighted by molar-refractivity contribution is 5.87. The van der Waals surface area contributed by atoms with Crippen LogP contribution in [0.15, 0.2) is 0 Å². The smallest absolute Gasteiger partial charge is 0.239 e. The Kier molecular flexibility index (Phi) is 2.68. The van der Waals surface area contributed by atoms with Crippen molar-refractivity contribution < 1.29 is 9.59 Å². The van der Waals surface area contributed by atoms with E-state index in [2.05, 4.69) is 5.32 Å². The molecule has 1 aliphatic carbocycles. The van der Waals surface area contributed by atoms with Gasteiger partial charge in [0, 0.05) is 5.92 Å². The van der Waals surface area contributed by atoms with Gasteiger partial charge in [-0.2, -0.15) is 0 Å². The molecule has 0 radical (unpaired) electrons. The van der Waals surface area contributed by atoms with Crippen LogP contribution in [0.25, 0.3) is 0 Å². The highest BCUT2D eigenvalue weighted by atomic mass is 16.2. The zero-order valence-electron chi connectivity index (χ0n) is 7.17. The van der Waals surface area contributed by atoms with E-state index in [0.717, 1.165) is 19.3 Å². The number of amides is 2. The minimum atomic E-state index is -0.543. The van der Waals surface area contributed by atoms with E-state index >= 15 is 0 Å². The second-order valence-corrected chi connectivity index (χ2v) is 3.26. The van der Waals surface area contributed by atoms with Crippen molar-refractivity contribution in [2.24, 2.45) is 11.7 Å². The lowest BCUT2D eigenvalue weighted by molar-refractivity contribution is -0.131. The Bertz CT molecular complexity index is 199. The summed E-state index contributed by atoms with van der Waals surface area (Å²) in [6.45, 7) is 1.60. The molecule has 1 fully saturated rings. The van der Waals surface area contributed by atoms with Gasteiger partial charge in [-0.15, -0.1) is 0 Å². The lowest BCUT2D eigenvalue weighted by Crippen LogP contribution is -2.45. The molecule has 4 nitrogen and oxygen atoms in total. The number of nitrogens with two attached hydrogens (primary N) is 1. The number of rotatable bonds is 3. The van der Waals surface area contributed by atoms with Crippen molar-refractivity contribution in [3.05, 3.63) is 0 Å². The first kappa shape index (κ1) is 9.03. The normalized spacial score (nSPS) is 19.4. The average molecular weight is 170 g/mol. The monoisotopic (exact) mass is 170 g/mol. The molecular formula is C8H14N2O2. The quantitative estimate of drug-likeness (QED) is 0.614. The first-order valence-corrected chi connectivity index (χ1v) is 4.21. The summed E-state index contributed by atoms with van der Waals surface area (Å²) >= 11 is 0. The van der Waals surface area contributed by atoms with Gasteiger partial charge in [0.05, 0.1) is 0 Å². The zero-order chi connectivity index (χ0) is 9.14. The molecule has 0 aromatic heterocycles. The maximum Gasteiger partial charge on any atom is 0.239 e. The number of nitrogens with one attached hydrogen (secondary N) is 1. The lowest BCUT2D eigenvalue weighted by Gasteiger charge is -2.25. The number of primary amides is 1. The topological polar surface area (TPSA) is 72.2 Å². The molecule has 3 N–H and O–H groups in total. The van der Waals surface area contributed by atoms with Crippen LogP contribution >= 0.6 is 0 Å². The molecule has 0 saturated heterocycles. The minimum absolute atomic E-state index is 0.0347. The predicted molar refractivity (Wildman–Crippen MR) is 44.1 cm³/mol. The molecular weight excluding hydrogens is 156 g/mol.